The highest BCUT2D eigenvalue weighted by Gasteiger charge is 2.32. The highest BCUT2D eigenvalue weighted by atomic mass is 35.5. The second-order valence-corrected chi connectivity index (χ2v) is 8.58. The highest BCUT2D eigenvalue weighted by Crippen LogP contribution is 2.20. The fourth-order valence-corrected chi connectivity index (χ4v) is 4.62. The summed E-state index contributed by atoms with van der Waals surface area (Å²) >= 11 is 5.95. The molecule has 0 aromatic carbocycles. The molecule has 1 aliphatic rings. The second kappa shape index (κ2) is 7.01. The van der Waals surface area contributed by atoms with Gasteiger partial charge in [-0.1, -0.05) is 11.6 Å². The molecule has 3 heterocycles. The van der Waals surface area contributed by atoms with Gasteiger partial charge in [0.15, 0.2) is 0 Å². The Bertz CT molecular complexity index is 908. The summed E-state index contributed by atoms with van der Waals surface area (Å²) in [7, 11) is -1.90. The largest absolute Gasteiger partial charge is 0.338 e. The summed E-state index contributed by atoms with van der Waals surface area (Å²) in [5.74, 6) is -0.112. The van der Waals surface area contributed by atoms with Crippen LogP contribution in [0, 0.1) is 13.8 Å². The van der Waals surface area contributed by atoms with Gasteiger partial charge in [0.2, 0.25) is 15.9 Å². The second-order valence-electron chi connectivity index (χ2n) is 6.26. The number of rotatable bonds is 4. The molecule has 1 aliphatic heterocycles. The molecule has 0 radical (unpaired) electrons. The normalized spacial score (nSPS) is 16.2. The van der Waals surface area contributed by atoms with Gasteiger partial charge >= 0.3 is 0 Å². The number of amides is 1. The first-order valence-electron chi connectivity index (χ1n) is 8.16. The Morgan fingerprint density at radius 2 is 1.88 bits per heavy atom. The van der Waals surface area contributed by atoms with E-state index in [1.54, 1.807) is 32.0 Å². The van der Waals surface area contributed by atoms with Crippen LogP contribution >= 0.6 is 11.6 Å². The van der Waals surface area contributed by atoms with Crippen molar-refractivity contribution in [1.82, 2.24) is 28.8 Å². The van der Waals surface area contributed by atoms with Crippen LogP contribution in [-0.4, -0.2) is 69.3 Å². The molecular formula is C15H21ClN6O3S. The predicted molar refractivity (Wildman–Crippen MR) is 95.3 cm³/mol. The minimum atomic E-state index is -3.61. The molecular weight excluding hydrogens is 380 g/mol. The van der Waals surface area contributed by atoms with Crippen LogP contribution in [0.5, 0.6) is 0 Å². The molecule has 3 rings (SSSR count). The van der Waals surface area contributed by atoms with Gasteiger partial charge < -0.3 is 4.90 Å². The molecule has 0 saturated carbocycles. The number of carbonyl (C=O) groups is 1. The van der Waals surface area contributed by atoms with Crippen LogP contribution in [0.4, 0.5) is 0 Å². The van der Waals surface area contributed by atoms with Crippen molar-refractivity contribution in [3.63, 3.8) is 0 Å². The van der Waals surface area contributed by atoms with Gasteiger partial charge in [-0.3, -0.25) is 14.2 Å². The molecule has 1 amide bonds. The number of hydrogen-bond donors (Lipinski definition) is 0. The van der Waals surface area contributed by atoms with Crippen molar-refractivity contribution in [3.8, 4) is 0 Å². The van der Waals surface area contributed by atoms with Crippen LogP contribution < -0.4 is 0 Å². The van der Waals surface area contributed by atoms with Crippen molar-refractivity contribution >= 4 is 27.5 Å². The van der Waals surface area contributed by atoms with Crippen LogP contribution in [0.25, 0.3) is 0 Å². The molecule has 2 aromatic heterocycles. The van der Waals surface area contributed by atoms with Crippen LogP contribution in [0.15, 0.2) is 17.3 Å². The Morgan fingerprint density at radius 3 is 2.38 bits per heavy atom. The average molecular weight is 401 g/mol. The van der Waals surface area contributed by atoms with Crippen LogP contribution in [0.2, 0.25) is 5.02 Å². The number of carbonyl (C=O) groups excluding carboxylic acids is 1. The zero-order valence-corrected chi connectivity index (χ0v) is 16.5. The smallest absolute Gasteiger partial charge is 0.246 e. The molecule has 11 heteroatoms. The first-order chi connectivity index (χ1) is 12.2. The van der Waals surface area contributed by atoms with E-state index in [4.69, 9.17) is 11.6 Å². The number of sulfonamides is 1. The molecule has 142 valence electrons. The number of nitrogens with zero attached hydrogens (tertiary/aromatic N) is 6. The Morgan fingerprint density at radius 1 is 1.23 bits per heavy atom. The standard InChI is InChI=1S/C15H21ClN6O3S/c1-11-13(16)9-21(18-11)10-15(23)20-4-6-22(7-5-20)26(24,25)14-8-17-19(3)12(14)2/h8-9H,4-7,10H2,1-3H3. The van der Waals surface area contributed by atoms with Gasteiger partial charge in [0.1, 0.15) is 11.4 Å². The van der Waals surface area contributed by atoms with E-state index in [0.717, 1.165) is 0 Å². The molecule has 0 aliphatic carbocycles. The molecule has 0 bridgehead atoms. The van der Waals surface area contributed by atoms with E-state index < -0.39 is 10.0 Å². The van der Waals surface area contributed by atoms with Crippen molar-refractivity contribution < 1.29 is 13.2 Å². The number of hydrogen-bond acceptors (Lipinski definition) is 5. The zero-order chi connectivity index (χ0) is 19.1. The number of aromatic nitrogens is 4. The number of piperazine rings is 1. The van der Waals surface area contributed by atoms with Gasteiger partial charge in [-0.05, 0) is 13.8 Å². The first kappa shape index (κ1) is 18.9. The summed E-state index contributed by atoms with van der Waals surface area (Å²) < 4.78 is 30.0. The third-order valence-corrected chi connectivity index (χ3v) is 6.96. The lowest BCUT2D eigenvalue weighted by Crippen LogP contribution is -2.51. The van der Waals surface area contributed by atoms with Crippen molar-refractivity contribution in [2.24, 2.45) is 7.05 Å². The summed E-state index contributed by atoms with van der Waals surface area (Å²) in [6, 6.07) is 0. The van der Waals surface area contributed by atoms with Gasteiger partial charge in [-0.25, -0.2) is 8.42 Å². The minimum Gasteiger partial charge on any atom is -0.338 e. The van der Waals surface area contributed by atoms with E-state index in [1.165, 1.54) is 19.9 Å². The topological polar surface area (TPSA) is 93.3 Å². The van der Waals surface area contributed by atoms with E-state index in [2.05, 4.69) is 10.2 Å². The first-order valence-corrected chi connectivity index (χ1v) is 9.98. The van der Waals surface area contributed by atoms with E-state index >= 15 is 0 Å². The van der Waals surface area contributed by atoms with Crippen LogP contribution in [-0.2, 0) is 28.4 Å². The van der Waals surface area contributed by atoms with E-state index in [1.807, 2.05) is 0 Å². The van der Waals surface area contributed by atoms with E-state index in [9.17, 15) is 13.2 Å². The third kappa shape index (κ3) is 3.49. The fourth-order valence-electron chi connectivity index (χ4n) is 2.86. The Kier molecular flexibility index (Phi) is 5.09. The molecule has 0 atom stereocenters. The lowest BCUT2D eigenvalue weighted by molar-refractivity contribution is -0.133. The number of halogens is 1. The summed E-state index contributed by atoms with van der Waals surface area (Å²) in [4.78, 5) is 14.3. The summed E-state index contributed by atoms with van der Waals surface area (Å²) in [6.45, 7) is 4.76. The molecule has 26 heavy (non-hydrogen) atoms. The molecule has 1 fully saturated rings. The summed E-state index contributed by atoms with van der Waals surface area (Å²) in [6.07, 6.45) is 2.98. The summed E-state index contributed by atoms with van der Waals surface area (Å²) in [5, 5.41) is 8.69. The lowest BCUT2D eigenvalue weighted by Gasteiger charge is -2.33. The van der Waals surface area contributed by atoms with E-state index in [0.29, 0.717) is 29.5 Å². The molecule has 0 unspecified atom stereocenters. The zero-order valence-electron chi connectivity index (χ0n) is 14.9. The van der Waals surface area contributed by atoms with E-state index in [-0.39, 0.29) is 30.4 Å². The highest BCUT2D eigenvalue weighted by molar-refractivity contribution is 7.89. The van der Waals surface area contributed by atoms with Crippen LogP contribution in [0.3, 0.4) is 0 Å². The third-order valence-electron chi connectivity index (χ3n) is 4.58. The molecule has 2 aromatic rings. The van der Waals surface area contributed by atoms with Gasteiger partial charge in [-0.15, -0.1) is 0 Å². The van der Waals surface area contributed by atoms with Crippen molar-refractivity contribution in [2.75, 3.05) is 26.2 Å². The van der Waals surface area contributed by atoms with Gasteiger partial charge in [0.05, 0.1) is 22.6 Å². The lowest BCUT2D eigenvalue weighted by atomic mass is 10.3. The molecule has 0 N–H and O–H groups in total. The van der Waals surface area contributed by atoms with Gasteiger partial charge in [0, 0.05) is 39.4 Å². The molecule has 1 saturated heterocycles. The van der Waals surface area contributed by atoms with Crippen molar-refractivity contribution in [2.45, 2.75) is 25.3 Å². The predicted octanol–water partition coefficient (Wildman–Crippen LogP) is 0.420. The van der Waals surface area contributed by atoms with Crippen LogP contribution in [0.1, 0.15) is 11.4 Å². The van der Waals surface area contributed by atoms with Gasteiger partial charge in [0.25, 0.3) is 0 Å². The maximum absolute atomic E-state index is 12.8. The maximum atomic E-state index is 12.8. The SMILES string of the molecule is Cc1nn(CC(=O)N2CCN(S(=O)(=O)c3cnn(C)c3C)CC2)cc1Cl. The number of aryl methyl sites for hydroxylation is 2. The minimum absolute atomic E-state index is 0.0853. The maximum Gasteiger partial charge on any atom is 0.246 e. The summed E-state index contributed by atoms with van der Waals surface area (Å²) in [5.41, 5.74) is 1.26. The van der Waals surface area contributed by atoms with Crippen molar-refractivity contribution in [3.05, 3.63) is 28.8 Å². The Labute approximate surface area is 157 Å². The molecule has 0 spiro atoms. The quantitative estimate of drug-likeness (QED) is 0.741. The monoisotopic (exact) mass is 400 g/mol. The van der Waals surface area contributed by atoms with Gasteiger partial charge in [-0.2, -0.15) is 14.5 Å². The Hall–Kier alpha value is -1.91. The average Bonchev–Trinajstić information content (AvgIpc) is 3.10. The fraction of sp³-hybridized carbons (Fsp3) is 0.533. The van der Waals surface area contributed by atoms with Crippen molar-refractivity contribution in [1.29, 1.82) is 0 Å². The molecule has 9 nitrogen and oxygen atoms in total. The Balaban J connectivity index is 1.63.